The fourth-order valence-electron chi connectivity index (χ4n) is 2.31. The molecule has 0 aliphatic carbocycles. The Kier molecular flexibility index (Phi) is 4.06. The van der Waals surface area contributed by atoms with Crippen LogP contribution in [0.3, 0.4) is 0 Å². The highest BCUT2D eigenvalue weighted by molar-refractivity contribution is 9.10. The van der Waals surface area contributed by atoms with E-state index in [0.717, 1.165) is 16.4 Å². The number of rotatable bonds is 4. The Labute approximate surface area is 131 Å². The first-order chi connectivity index (χ1) is 10.2. The molecular weight excluding hydrogens is 328 g/mol. The number of carbonyl (C=O) groups excluding carboxylic acids is 1. The standard InChI is InChI=1S/C17H15BrN2O/c18-15-4-2-1-3-14(15)17(21)20-9-7-12-5-6-13-8-10-19-16(13)11-12/h1-6,8,10-11,19H,7,9H2,(H,20,21). The zero-order chi connectivity index (χ0) is 14.7. The van der Waals surface area contributed by atoms with Crippen LogP contribution in [-0.2, 0) is 6.42 Å². The summed E-state index contributed by atoms with van der Waals surface area (Å²) in [4.78, 5) is 15.3. The van der Waals surface area contributed by atoms with Crippen LogP contribution in [0.25, 0.3) is 10.9 Å². The fraction of sp³-hybridized carbons (Fsp3) is 0.118. The molecule has 0 fully saturated rings. The summed E-state index contributed by atoms with van der Waals surface area (Å²) in [6.45, 7) is 0.617. The van der Waals surface area contributed by atoms with Gasteiger partial charge in [0, 0.05) is 22.7 Å². The fourth-order valence-corrected chi connectivity index (χ4v) is 2.78. The molecule has 0 aliphatic rings. The predicted molar refractivity (Wildman–Crippen MR) is 88.5 cm³/mol. The molecule has 0 atom stereocenters. The molecule has 21 heavy (non-hydrogen) atoms. The second-order valence-electron chi connectivity index (χ2n) is 4.89. The molecule has 1 heterocycles. The van der Waals surface area contributed by atoms with Crippen LogP contribution in [0.2, 0.25) is 0 Å². The van der Waals surface area contributed by atoms with Gasteiger partial charge in [0.25, 0.3) is 5.91 Å². The summed E-state index contributed by atoms with van der Waals surface area (Å²) in [5.74, 6) is -0.0524. The van der Waals surface area contributed by atoms with Gasteiger partial charge in [0.1, 0.15) is 0 Å². The third-order valence-corrected chi connectivity index (χ3v) is 4.13. The maximum Gasteiger partial charge on any atom is 0.252 e. The average Bonchev–Trinajstić information content (AvgIpc) is 2.95. The Morgan fingerprint density at radius 1 is 1.14 bits per heavy atom. The lowest BCUT2D eigenvalue weighted by Crippen LogP contribution is -2.25. The molecule has 3 nitrogen and oxygen atoms in total. The van der Waals surface area contributed by atoms with E-state index in [1.165, 1.54) is 10.9 Å². The molecule has 1 aromatic heterocycles. The van der Waals surface area contributed by atoms with Crippen LogP contribution in [0, 0.1) is 0 Å². The molecule has 0 saturated heterocycles. The molecule has 0 radical (unpaired) electrons. The van der Waals surface area contributed by atoms with E-state index in [4.69, 9.17) is 0 Å². The van der Waals surface area contributed by atoms with Crippen molar-refractivity contribution in [2.45, 2.75) is 6.42 Å². The molecule has 3 aromatic rings. The monoisotopic (exact) mass is 342 g/mol. The number of carbonyl (C=O) groups is 1. The van der Waals surface area contributed by atoms with Crippen molar-refractivity contribution < 1.29 is 4.79 Å². The van der Waals surface area contributed by atoms with E-state index < -0.39 is 0 Å². The zero-order valence-electron chi connectivity index (χ0n) is 11.4. The van der Waals surface area contributed by atoms with Gasteiger partial charge in [0.15, 0.2) is 0 Å². The second kappa shape index (κ2) is 6.14. The van der Waals surface area contributed by atoms with Crippen molar-refractivity contribution in [3.05, 3.63) is 70.3 Å². The Bertz CT molecular complexity index is 779. The largest absolute Gasteiger partial charge is 0.361 e. The van der Waals surface area contributed by atoms with Crippen LogP contribution >= 0.6 is 15.9 Å². The van der Waals surface area contributed by atoms with Crippen molar-refractivity contribution in [1.29, 1.82) is 0 Å². The van der Waals surface area contributed by atoms with Gasteiger partial charge in [-0.05, 0) is 57.6 Å². The number of amides is 1. The summed E-state index contributed by atoms with van der Waals surface area (Å²) < 4.78 is 0.815. The smallest absolute Gasteiger partial charge is 0.252 e. The molecule has 2 aromatic carbocycles. The van der Waals surface area contributed by atoms with Crippen LogP contribution in [0.1, 0.15) is 15.9 Å². The molecule has 1 amide bonds. The van der Waals surface area contributed by atoms with Gasteiger partial charge >= 0.3 is 0 Å². The Morgan fingerprint density at radius 2 is 2.00 bits per heavy atom. The van der Waals surface area contributed by atoms with Crippen LogP contribution in [0.5, 0.6) is 0 Å². The van der Waals surface area contributed by atoms with E-state index in [1.807, 2.05) is 36.5 Å². The Hall–Kier alpha value is -2.07. The van der Waals surface area contributed by atoms with Gasteiger partial charge in [-0.2, -0.15) is 0 Å². The molecule has 0 saturated carbocycles. The van der Waals surface area contributed by atoms with Gasteiger partial charge in [0.05, 0.1) is 5.56 Å². The van der Waals surface area contributed by atoms with Gasteiger partial charge in [-0.3, -0.25) is 4.79 Å². The van der Waals surface area contributed by atoms with Crippen molar-refractivity contribution in [2.24, 2.45) is 0 Å². The Morgan fingerprint density at radius 3 is 2.86 bits per heavy atom. The van der Waals surface area contributed by atoms with Gasteiger partial charge in [-0.15, -0.1) is 0 Å². The van der Waals surface area contributed by atoms with E-state index in [2.05, 4.69) is 44.4 Å². The lowest BCUT2D eigenvalue weighted by molar-refractivity contribution is 0.0953. The predicted octanol–water partition coefficient (Wildman–Crippen LogP) is 3.90. The van der Waals surface area contributed by atoms with Crippen LogP contribution in [0.15, 0.2) is 59.2 Å². The molecule has 106 valence electrons. The third kappa shape index (κ3) is 3.16. The normalized spacial score (nSPS) is 10.7. The van der Waals surface area contributed by atoms with Gasteiger partial charge in [0.2, 0.25) is 0 Å². The number of hydrogen-bond donors (Lipinski definition) is 2. The van der Waals surface area contributed by atoms with Crippen molar-refractivity contribution in [3.63, 3.8) is 0 Å². The molecule has 0 aliphatic heterocycles. The topological polar surface area (TPSA) is 44.9 Å². The van der Waals surface area contributed by atoms with Crippen LogP contribution in [-0.4, -0.2) is 17.4 Å². The minimum atomic E-state index is -0.0524. The highest BCUT2D eigenvalue weighted by Gasteiger charge is 2.08. The van der Waals surface area contributed by atoms with Crippen molar-refractivity contribution in [2.75, 3.05) is 6.54 Å². The van der Waals surface area contributed by atoms with Crippen molar-refractivity contribution in [3.8, 4) is 0 Å². The summed E-state index contributed by atoms with van der Waals surface area (Å²) in [5, 5.41) is 4.16. The lowest BCUT2D eigenvalue weighted by Gasteiger charge is -2.07. The quantitative estimate of drug-likeness (QED) is 0.741. The second-order valence-corrected chi connectivity index (χ2v) is 5.74. The number of aromatic amines is 1. The van der Waals surface area contributed by atoms with Gasteiger partial charge in [-0.1, -0.05) is 24.3 Å². The number of hydrogen-bond acceptors (Lipinski definition) is 1. The maximum atomic E-state index is 12.1. The maximum absolute atomic E-state index is 12.1. The summed E-state index contributed by atoms with van der Waals surface area (Å²) in [7, 11) is 0. The van der Waals surface area contributed by atoms with E-state index in [0.29, 0.717) is 12.1 Å². The minimum absolute atomic E-state index is 0.0524. The molecule has 0 unspecified atom stereocenters. The van der Waals surface area contributed by atoms with Crippen LogP contribution in [0.4, 0.5) is 0 Å². The van der Waals surface area contributed by atoms with E-state index >= 15 is 0 Å². The van der Waals surface area contributed by atoms with Crippen LogP contribution < -0.4 is 5.32 Å². The number of halogens is 1. The summed E-state index contributed by atoms with van der Waals surface area (Å²) in [6, 6.07) is 15.8. The number of aromatic nitrogens is 1. The number of nitrogens with one attached hydrogen (secondary N) is 2. The minimum Gasteiger partial charge on any atom is -0.361 e. The molecule has 3 rings (SSSR count). The first-order valence-electron chi connectivity index (χ1n) is 6.83. The van der Waals surface area contributed by atoms with Gasteiger partial charge in [-0.25, -0.2) is 0 Å². The summed E-state index contributed by atoms with van der Waals surface area (Å²) in [6.07, 6.45) is 2.74. The zero-order valence-corrected chi connectivity index (χ0v) is 13.0. The first kappa shape index (κ1) is 13.9. The molecular formula is C17H15BrN2O. The lowest BCUT2D eigenvalue weighted by atomic mass is 10.1. The highest BCUT2D eigenvalue weighted by atomic mass is 79.9. The SMILES string of the molecule is O=C(NCCc1ccc2cc[nH]c2c1)c1ccccc1Br. The van der Waals surface area contributed by atoms with E-state index in [-0.39, 0.29) is 5.91 Å². The average molecular weight is 343 g/mol. The van der Waals surface area contributed by atoms with Crippen molar-refractivity contribution >= 4 is 32.7 Å². The number of fused-ring (bicyclic) bond motifs is 1. The number of H-pyrrole nitrogens is 1. The highest BCUT2D eigenvalue weighted by Crippen LogP contribution is 2.16. The molecule has 0 spiro atoms. The molecule has 2 N–H and O–H groups in total. The molecule has 4 heteroatoms. The van der Waals surface area contributed by atoms with Gasteiger partial charge < -0.3 is 10.3 Å². The summed E-state index contributed by atoms with van der Waals surface area (Å²) >= 11 is 3.39. The summed E-state index contributed by atoms with van der Waals surface area (Å²) in [5.41, 5.74) is 3.00. The molecule has 0 bridgehead atoms. The van der Waals surface area contributed by atoms with E-state index in [9.17, 15) is 4.79 Å². The third-order valence-electron chi connectivity index (χ3n) is 3.44. The van der Waals surface area contributed by atoms with E-state index in [1.54, 1.807) is 0 Å². The van der Waals surface area contributed by atoms with Crippen molar-refractivity contribution in [1.82, 2.24) is 10.3 Å². The Balaban J connectivity index is 1.60. The first-order valence-corrected chi connectivity index (χ1v) is 7.62. The number of benzene rings is 2.